The summed E-state index contributed by atoms with van der Waals surface area (Å²) >= 11 is 0. The van der Waals surface area contributed by atoms with E-state index in [1.54, 1.807) is 0 Å². The number of aromatic nitrogens is 1. The van der Waals surface area contributed by atoms with Crippen molar-refractivity contribution in [3.8, 4) is 0 Å². The van der Waals surface area contributed by atoms with Crippen LogP contribution in [0, 0.1) is 0 Å². The number of nitrogens with one attached hydrogen (secondary N) is 1. The maximum atomic E-state index is 11.1. The summed E-state index contributed by atoms with van der Waals surface area (Å²) in [4.78, 5) is 17.2. The maximum absolute atomic E-state index is 11.1. The molecule has 1 aromatic rings. The van der Waals surface area contributed by atoms with Crippen molar-refractivity contribution in [1.82, 2.24) is 9.88 Å². The van der Waals surface area contributed by atoms with Gasteiger partial charge in [0.2, 0.25) is 0 Å². The van der Waals surface area contributed by atoms with E-state index >= 15 is 0 Å². The highest BCUT2D eigenvalue weighted by Crippen LogP contribution is 2.16. The molecule has 6 heteroatoms. The number of carbonyl (C=O) groups is 1. The first-order valence-electron chi connectivity index (χ1n) is 6.38. The number of nitrogens with two attached hydrogens (primary N) is 1. The van der Waals surface area contributed by atoms with E-state index in [0.717, 1.165) is 13.0 Å². The average Bonchev–Trinajstić information content (AvgIpc) is 2.38. The van der Waals surface area contributed by atoms with Gasteiger partial charge in [-0.25, -0.2) is 9.78 Å². The molecule has 0 radical (unpaired) electrons. The molecule has 6 nitrogen and oxygen atoms in total. The van der Waals surface area contributed by atoms with E-state index in [9.17, 15) is 4.79 Å². The van der Waals surface area contributed by atoms with Crippen LogP contribution in [0.1, 0.15) is 30.6 Å². The van der Waals surface area contributed by atoms with Crippen LogP contribution in [0.15, 0.2) is 12.3 Å². The van der Waals surface area contributed by atoms with E-state index in [1.807, 2.05) is 0 Å². The molecule has 0 amide bonds. The fraction of sp³-hybridized carbons (Fsp3) is 0.538. The van der Waals surface area contributed by atoms with E-state index in [4.69, 9.17) is 10.8 Å². The molecule has 0 aliphatic heterocycles. The minimum Gasteiger partial charge on any atom is -0.478 e. The van der Waals surface area contributed by atoms with Gasteiger partial charge in [0.1, 0.15) is 5.82 Å². The van der Waals surface area contributed by atoms with E-state index in [0.29, 0.717) is 18.3 Å². The molecule has 0 fully saturated rings. The number of carboxylic acids is 1. The summed E-state index contributed by atoms with van der Waals surface area (Å²) < 4.78 is 0. The van der Waals surface area contributed by atoms with E-state index in [1.165, 1.54) is 12.3 Å². The first-order chi connectivity index (χ1) is 8.95. The first kappa shape index (κ1) is 15.2. The zero-order chi connectivity index (χ0) is 14.4. The van der Waals surface area contributed by atoms with Gasteiger partial charge in [-0.15, -0.1) is 0 Å². The van der Waals surface area contributed by atoms with E-state index in [2.05, 4.69) is 36.1 Å². The fourth-order valence-corrected chi connectivity index (χ4v) is 1.69. The summed E-state index contributed by atoms with van der Waals surface area (Å²) in [6, 6.07) is 1.87. The third-order valence-corrected chi connectivity index (χ3v) is 3.28. The number of likely N-dealkylation sites (N-methyl/N-ethyl adjacent to an activating group) is 1. The second-order valence-electron chi connectivity index (χ2n) is 4.62. The quantitative estimate of drug-likeness (QED) is 0.693. The van der Waals surface area contributed by atoms with Crippen LogP contribution in [0.4, 0.5) is 11.5 Å². The van der Waals surface area contributed by atoms with Crippen molar-refractivity contribution in [1.29, 1.82) is 0 Å². The zero-order valence-electron chi connectivity index (χ0n) is 11.7. The van der Waals surface area contributed by atoms with Gasteiger partial charge in [-0.05, 0) is 26.5 Å². The molecule has 19 heavy (non-hydrogen) atoms. The van der Waals surface area contributed by atoms with Crippen molar-refractivity contribution < 1.29 is 9.90 Å². The molecule has 1 aromatic heterocycles. The number of rotatable bonds is 7. The smallest absolute Gasteiger partial charge is 0.337 e. The van der Waals surface area contributed by atoms with E-state index < -0.39 is 5.97 Å². The van der Waals surface area contributed by atoms with Crippen molar-refractivity contribution in [2.75, 3.05) is 31.2 Å². The van der Waals surface area contributed by atoms with Gasteiger partial charge in [0.05, 0.1) is 17.4 Å². The van der Waals surface area contributed by atoms with Crippen LogP contribution >= 0.6 is 0 Å². The van der Waals surface area contributed by atoms with Gasteiger partial charge in [-0.2, -0.15) is 0 Å². The summed E-state index contributed by atoms with van der Waals surface area (Å²) in [6.45, 7) is 5.79. The summed E-state index contributed by atoms with van der Waals surface area (Å²) in [5.41, 5.74) is 6.14. The lowest BCUT2D eigenvalue weighted by molar-refractivity contribution is 0.0698. The van der Waals surface area contributed by atoms with Gasteiger partial charge in [0, 0.05) is 19.1 Å². The third-order valence-electron chi connectivity index (χ3n) is 3.28. The Morgan fingerprint density at radius 2 is 2.32 bits per heavy atom. The Hall–Kier alpha value is -1.82. The molecule has 1 heterocycles. The Bertz CT molecular complexity index is 437. The highest BCUT2D eigenvalue weighted by molar-refractivity contribution is 5.94. The Balaban J connectivity index is 2.61. The number of carboxylic acid groups (broad SMARTS) is 1. The average molecular weight is 266 g/mol. The zero-order valence-corrected chi connectivity index (χ0v) is 11.7. The Morgan fingerprint density at radius 1 is 1.63 bits per heavy atom. The van der Waals surface area contributed by atoms with Gasteiger partial charge in [-0.1, -0.05) is 6.92 Å². The lowest BCUT2D eigenvalue weighted by atomic mass is 10.2. The monoisotopic (exact) mass is 266 g/mol. The van der Waals surface area contributed by atoms with Crippen LogP contribution in [-0.4, -0.2) is 47.1 Å². The van der Waals surface area contributed by atoms with Crippen LogP contribution in [0.25, 0.3) is 0 Å². The molecule has 4 N–H and O–H groups in total. The van der Waals surface area contributed by atoms with Gasteiger partial charge in [0.25, 0.3) is 0 Å². The fourth-order valence-electron chi connectivity index (χ4n) is 1.69. The minimum absolute atomic E-state index is 0.152. The van der Waals surface area contributed by atoms with Crippen molar-refractivity contribution in [2.24, 2.45) is 0 Å². The van der Waals surface area contributed by atoms with E-state index in [-0.39, 0.29) is 11.4 Å². The number of hydrogen-bond donors (Lipinski definition) is 3. The molecule has 0 aliphatic carbocycles. The SMILES string of the molecule is CCC(C)N(C)CCNc1cnc(N)cc1C(=O)O. The van der Waals surface area contributed by atoms with Gasteiger partial charge in [0.15, 0.2) is 0 Å². The lowest BCUT2D eigenvalue weighted by Gasteiger charge is -2.23. The predicted octanol–water partition coefficient (Wildman–Crippen LogP) is 1.50. The lowest BCUT2D eigenvalue weighted by Crippen LogP contribution is -2.32. The van der Waals surface area contributed by atoms with Crippen molar-refractivity contribution in [3.05, 3.63) is 17.8 Å². The molecule has 106 valence electrons. The van der Waals surface area contributed by atoms with Crippen LogP contribution in [0.2, 0.25) is 0 Å². The maximum Gasteiger partial charge on any atom is 0.337 e. The number of nitrogens with zero attached hydrogens (tertiary/aromatic N) is 2. The molecule has 0 saturated carbocycles. The topological polar surface area (TPSA) is 91.5 Å². The summed E-state index contributed by atoms with van der Waals surface area (Å²) in [6.07, 6.45) is 2.54. The predicted molar refractivity (Wildman–Crippen MR) is 76.5 cm³/mol. The van der Waals surface area contributed by atoms with Crippen LogP contribution < -0.4 is 11.1 Å². The Kier molecular flexibility index (Phi) is 5.57. The number of aromatic carboxylic acids is 1. The molecule has 1 atom stereocenters. The molecular formula is C13H22N4O2. The number of anilines is 2. The number of nitrogen functional groups attached to an aromatic ring is 1. The minimum atomic E-state index is -1.01. The number of pyridine rings is 1. The van der Waals surface area contributed by atoms with Gasteiger partial charge in [-0.3, -0.25) is 0 Å². The Labute approximate surface area is 113 Å². The summed E-state index contributed by atoms with van der Waals surface area (Å²) in [5.74, 6) is -0.799. The summed E-state index contributed by atoms with van der Waals surface area (Å²) in [7, 11) is 2.05. The first-order valence-corrected chi connectivity index (χ1v) is 6.38. The van der Waals surface area contributed by atoms with Crippen LogP contribution in [-0.2, 0) is 0 Å². The second-order valence-corrected chi connectivity index (χ2v) is 4.62. The van der Waals surface area contributed by atoms with Crippen molar-refractivity contribution >= 4 is 17.5 Å². The molecule has 0 aromatic carbocycles. The van der Waals surface area contributed by atoms with Gasteiger partial charge >= 0.3 is 5.97 Å². The highest BCUT2D eigenvalue weighted by atomic mass is 16.4. The second kappa shape index (κ2) is 6.94. The largest absolute Gasteiger partial charge is 0.478 e. The van der Waals surface area contributed by atoms with Crippen LogP contribution in [0.5, 0.6) is 0 Å². The molecule has 0 spiro atoms. The van der Waals surface area contributed by atoms with Gasteiger partial charge < -0.3 is 21.1 Å². The Morgan fingerprint density at radius 3 is 2.89 bits per heavy atom. The summed E-state index contributed by atoms with van der Waals surface area (Å²) in [5, 5.41) is 12.2. The van der Waals surface area contributed by atoms with Crippen LogP contribution in [0.3, 0.4) is 0 Å². The molecular weight excluding hydrogens is 244 g/mol. The third kappa shape index (κ3) is 4.40. The molecule has 0 aliphatic rings. The number of hydrogen-bond acceptors (Lipinski definition) is 5. The normalized spacial score (nSPS) is 12.4. The molecule has 1 unspecified atom stereocenters. The molecule has 0 bridgehead atoms. The van der Waals surface area contributed by atoms with Crippen molar-refractivity contribution in [2.45, 2.75) is 26.3 Å². The molecule has 0 saturated heterocycles. The highest BCUT2D eigenvalue weighted by Gasteiger charge is 2.11. The van der Waals surface area contributed by atoms with Crippen molar-refractivity contribution in [3.63, 3.8) is 0 Å². The standard InChI is InChI=1S/C13H22N4O2/c1-4-9(2)17(3)6-5-15-11-8-16-12(14)7-10(11)13(18)19/h7-9,15H,4-6H2,1-3H3,(H2,14,16)(H,18,19). The molecule has 1 rings (SSSR count).